The van der Waals surface area contributed by atoms with E-state index in [1.165, 1.54) is 6.08 Å². The second-order valence-electron chi connectivity index (χ2n) is 6.18. The molecule has 1 aromatic carbocycles. The molecule has 0 unspecified atom stereocenters. The van der Waals surface area contributed by atoms with Crippen molar-refractivity contribution in [2.24, 2.45) is 0 Å². The summed E-state index contributed by atoms with van der Waals surface area (Å²) in [6.07, 6.45) is 5.06. The Labute approximate surface area is 158 Å². The molecule has 2 heterocycles. The first-order valence-corrected chi connectivity index (χ1v) is 8.99. The number of anilines is 1. The number of carbonyl (C=O) groups excluding carboxylic acids is 1. The van der Waals surface area contributed by atoms with E-state index in [0.717, 1.165) is 48.8 Å². The van der Waals surface area contributed by atoms with Crippen LogP contribution in [0.25, 0.3) is 6.08 Å². The van der Waals surface area contributed by atoms with Crippen LogP contribution in [0.3, 0.4) is 0 Å². The smallest absolute Gasteiger partial charge is 0.244 e. The molecular formula is C20H22ClN3O2. The number of aromatic nitrogens is 1. The fraction of sp³-hybridized carbons (Fsp3) is 0.300. The van der Waals surface area contributed by atoms with Crippen LogP contribution in [-0.2, 0) is 16.1 Å². The van der Waals surface area contributed by atoms with Crippen LogP contribution in [-0.4, -0.2) is 37.2 Å². The third-order valence-corrected chi connectivity index (χ3v) is 4.64. The third-order valence-electron chi connectivity index (χ3n) is 4.23. The Hall–Kier alpha value is -2.37. The van der Waals surface area contributed by atoms with Crippen LogP contribution in [0.5, 0.6) is 0 Å². The van der Waals surface area contributed by atoms with E-state index in [1.807, 2.05) is 37.3 Å². The first-order chi connectivity index (χ1) is 12.6. The van der Waals surface area contributed by atoms with E-state index in [-0.39, 0.29) is 5.91 Å². The molecule has 0 spiro atoms. The molecule has 0 atom stereocenters. The lowest BCUT2D eigenvalue weighted by Crippen LogP contribution is -2.36. The number of halogens is 1. The number of amides is 1. The van der Waals surface area contributed by atoms with E-state index in [9.17, 15) is 4.79 Å². The Bertz CT molecular complexity index is 784. The van der Waals surface area contributed by atoms with Gasteiger partial charge in [-0.25, -0.2) is 4.98 Å². The molecule has 0 saturated carbocycles. The average molecular weight is 372 g/mol. The van der Waals surface area contributed by atoms with Gasteiger partial charge in [0.1, 0.15) is 5.82 Å². The largest absolute Gasteiger partial charge is 0.378 e. The van der Waals surface area contributed by atoms with Crippen molar-refractivity contribution in [2.45, 2.75) is 13.5 Å². The summed E-state index contributed by atoms with van der Waals surface area (Å²) in [6.45, 7) is 5.57. The number of nitrogens with zero attached hydrogens (tertiary/aromatic N) is 2. The standard InChI is InChI=1S/C20H22ClN3O2/c1-15-2-3-16(12-18(15)21)5-7-20(25)23-14-17-4-6-19(22-13-17)24-8-10-26-11-9-24/h2-7,12-13H,8-11,14H2,1H3,(H,23,25)/b7-5+. The first kappa shape index (κ1) is 18.4. The minimum absolute atomic E-state index is 0.154. The van der Waals surface area contributed by atoms with Crippen LogP contribution in [0, 0.1) is 6.92 Å². The Kier molecular flexibility index (Phi) is 6.26. The number of aryl methyl sites for hydroxylation is 1. The molecule has 1 fully saturated rings. The summed E-state index contributed by atoms with van der Waals surface area (Å²) in [7, 11) is 0. The second kappa shape index (κ2) is 8.83. The summed E-state index contributed by atoms with van der Waals surface area (Å²) in [6, 6.07) is 9.67. The van der Waals surface area contributed by atoms with Gasteiger partial charge in [0.25, 0.3) is 0 Å². The molecule has 1 aliphatic rings. The van der Waals surface area contributed by atoms with E-state index in [4.69, 9.17) is 16.3 Å². The summed E-state index contributed by atoms with van der Waals surface area (Å²) in [5.74, 6) is 0.790. The van der Waals surface area contributed by atoms with Crippen molar-refractivity contribution in [3.05, 3.63) is 64.3 Å². The molecule has 1 N–H and O–H groups in total. The van der Waals surface area contributed by atoms with Crippen molar-refractivity contribution >= 4 is 29.4 Å². The zero-order valence-electron chi connectivity index (χ0n) is 14.7. The van der Waals surface area contributed by atoms with E-state index in [0.29, 0.717) is 11.6 Å². The molecule has 0 radical (unpaired) electrons. The Morgan fingerprint density at radius 1 is 1.31 bits per heavy atom. The van der Waals surface area contributed by atoms with Gasteiger partial charge in [0.05, 0.1) is 13.2 Å². The number of morpholine rings is 1. The maximum atomic E-state index is 12.0. The van der Waals surface area contributed by atoms with Gasteiger partial charge in [-0.05, 0) is 41.8 Å². The van der Waals surface area contributed by atoms with E-state index in [2.05, 4.69) is 15.2 Å². The van der Waals surface area contributed by atoms with Crippen molar-refractivity contribution < 1.29 is 9.53 Å². The van der Waals surface area contributed by atoms with Crippen LogP contribution in [0.15, 0.2) is 42.6 Å². The SMILES string of the molecule is Cc1ccc(/C=C/C(=O)NCc2ccc(N3CCOCC3)nc2)cc1Cl. The summed E-state index contributed by atoms with van der Waals surface area (Å²) in [5, 5.41) is 3.56. The Morgan fingerprint density at radius 2 is 2.12 bits per heavy atom. The molecule has 2 aromatic rings. The second-order valence-corrected chi connectivity index (χ2v) is 6.59. The molecule has 1 saturated heterocycles. The number of ether oxygens (including phenoxy) is 1. The van der Waals surface area contributed by atoms with Gasteiger partial charge in [-0.3, -0.25) is 4.79 Å². The summed E-state index contributed by atoms with van der Waals surface area (Å²) in [4.78, 5) is 18.7. The van der Waals surface area contributed by atoms with Gasteiger partial charge < -0.3 is 15.0 Å². The van der Waals surface area contributed by atoms with Crippen LogP contribution in [0.4, 0.5) is 5.82 Å². The number of rotatable bonds is 5. The fourth-order valence-electron chi connectivity index (χ4n) is 2.63. The molecule has 1 aliphatic heterocycles. The van der Waals surface area contributed by atoms with Gasteiger partial charge in [-0.1, -0.05) is 29.8 Å². The molecule has 0 bridgehead atoms. The lowest BCUT2D eigenvalue weighted by molar-refractivity contribution is -0.116. The van der Waals surface area contributed by atoms with Crippen LogP contribution in [0.2, 0.25) is 5.02 Å². The number of hydrogen-bond donors (Lipinski definition) is 1. The quantitative estimate of drug-likeness (QED) is 0.820. The summed E-state index contributed by atoms with van der Waals surface area (Å²) < 4.78 is 5.35. The molecule has 136 valence electrons. The minimum Gasteiger partial charge on any atom is -0.378 e. The number of pyridine rings is 1. The number of hydrogen-bond acceptors (Lipinski definition) is 4. The first-order valence-electron chi connectivity index (χ1n) is 8.61. The number of nitrogens with one attached hydrogen (secondary N) is 1. The molecule has 0 aliphatic carbocycles. The number of benzene rings is 1. The lowest BCUT2D eigenvalue weighted by Gasteiger charge is -2.27. The highest BCUT2D eigenvalue weighted by molar-refractivity contribution is 6.31. The van der Waals surface area contributed by atoms with Gasteiger partial charge in [0.2, 0.25) is 5.91 Å². The van der Waals surface area contributed by atoms with Crippen molar-refractivity contribution in [3.8, 4) is 0 Å². The molecule has 5 nitrogen and oxygen atoms in total. The summed E-state index contributed by atoms with van der Waals surface area (Å²) in [5.41, 5.74) is 2.87. The fourth-order valence-corrected chi connectivity index (χ4v) is 2.82. The van der Waals surface area contributed by atoms with Crippen molar-refractivity contribution in [2.75, 3.05) is 31.2 Å². The van der Waals surface area contributed by atoms with Gasteiger partial charge in [0.15, 0.2) is 0 Å². The van der Waals surface area contributed by atoms with Crippen LogP contribution < -0.4 is 10.2 Å². The zero-order chi connectivity index (χ0) is 18.4. The highest BCUT2D eigenvalue weighted by Gasteiger charge is 2.11. The Morgan fingerprint density at radius 3 is 2.81 bits per heavy atom. The molecular weight excluding hydrogens is 350 g/mol. The topological polar surface area (TPSA) is 54.5 Å². The van der Waals surface area contributed by atoms with Crippen LogP contribution >= 0.6 is 11.6 Å². The van der Waals surface area contributed by atoms with Gasteiger partial charge >= 0.3 is 0 Å². The van der Waals surface area contributed by atoms with E-state index in [1.54, 1.807) is 12.3 Å². The van der Waals surface area contributed by atoms with Crippen LogP contribution in [0.1, 0.15) is 16.7 Å². The molecule has 1 aromatic heterocycles. The highest BCUT2D eigenvalue weighted by atomic mass is 35.5. The predicted molar refractivity (Wildman–Crippen MR) is 104 cm³/mol. The maximum absolute atomic E-state index is 12.0. The Balaban J connectivity index is 1.50. The molecule has 1 amide bonds. The van der Waals surface area contributed by atoms with Crippen molar-refractivity contribution in [1.82, 2.24) is 10.3 Å². The van der Waals surface area contributed by atoms with E-state index >= 15 is 0 Å². The normalized spacial score (nSPS) is 14.6. The number of carbonyl (C=O) groups is 1. The zero-order valence-corrected chi connectivity index (χ0v) is 15.5. The predicted octanol–water partition coefficient (Wildman–Crippen LogP) is 3.21. The minimum atomic E-state index is -0.154. The molecule has 26 heavy (non-hydrogen) atoms. The molecule has 6 heteroatoms. The third kappa shape index (κ3) is 5.07. The van der Waals surface area contributed by atoms with Gasteiger partial charge in [-0.15, -0.1) is 0 Å². The van der Waals surface area contributed by atoms with Gasteiger partial charge in [0, 0.05) is 36.9 Å². The van der Waals surface area contributed by atoms with Crippen molar-refractivity contribution in [3.63, 3.8) is 0 Å². The average Bonchev–Trinajstić information content (AvgIpc) is 2.68. The van der Waals surface area contributed by atoms with Gasteiger partial charge in [-0.2, -0.15) is 0 Å². The highest BCUT2D eigenvalue weighted by Crippen LogP contribution is 2.17. The lowest BCUT2D eigenvalue weighted by atomic mass is 10.1. The monoisotopic (exact) mass is 371 g/mol. The maximum Gasteiger partial charge on any atom is 0.244 e. The molecule has 3 rings (SSSR count). The van der Waals surface area contributed by atoms with Crippen molar-refractivity contribution in [1.29, 1.82) is 0 Å². The summed E-state index contributed by atoms with van der Waals surface area (Å²) >= 11 is 6.09. The van der Waals surface area contributed by atoms with E-state index < -0.39 is 0 Å².